The van der Waals surface area contributed by atoms with Crippen LogP contribution in [-0.4, -0.2) is 41.2 Å². The lowest BCUT2D eigenvalue weighted by molar-refractivity contribution is -0.123. The molecule has 24 heavy (non-hydrogen) atoms. The minimum atomic E-state index is -0.207. The van der Waals surface area contributed by atoms with Crippen molar-refractivity contribution >= 4 is 5.91 Å². The van der Waals surface area contributed by atoms with Gasteiger partial charge >= 0.3 is 0 Å². The van der Waals surface area contributed by atoms with E-state index in [1.807, 2.05) is 31.2 Å². The first-order valence-corrected chi connectivity index (χ1v) is 8.09. The maximum atomic E-state index is 11.3. The maximum absolute atomic E-state index is 11.3. The second-order valence-corrected chi connectivity index (χ2v) is 6.06. The fraction of sp³-hybridized carbons (Fsp3) is 0.471. The van der Waals surface area contributed by atoms with Crippen molar-refractivity contribution in [3.8, 4) is 17.2 Å². The summed E-state index contributed by atoms with van der Waals surface area (Å²) >= 11 is 0. The van der Waals surface area contributed by atoms with Gasteiger partial charge in [0.2, 0.25) is 17.7 Å². The van der Waals surface area contributed by atoms with Gasteiger partial charge in [-0.25, -0.2) is 0 Å². The minimum absolute atomic E-state index is 0.0123. The number of methoxy groups -OCH3 is 1. The minimum Gasteiger partial charge on any atom is -0.497 e. The number of likely N-dealkylation sites (tertiary alicyclic amines) is 1. The Balaban J connectivity index is 1.67. The number of hydrogen-bond donors (Lipinski definition) is 1. The van der Waals surface area contributed by atoms with Crippen molar-refractivity contribution in [3.63, 3.8) is 0 Å². The van der Waals surface area contributed by atoms with Crippen LogP contribution in [0.15, 0.2) is 28.7 Å². The highest BCUT2D eigenvalue weighted by atomic mass is 16.5. The van der Waals surface area contributed by atoms with E-state index >= 15 is 0 Å². The topological polar surface area (TPSA) is 94.5 Å². The Kier molecular flexibility index (Phi) is 4.80. The largest absolute Gasteiger partial charge is 0.497 e. The van der Waals surface area contributed by atoms with Crippen LogP contribution < -0.4 is 10.5 Å². The summed E-state index contributed by atoms with van der Waals surface area (Å²) in [5.74, 6) is 1.63. The van der Waals surface area contributed by atoms with E-state index in [-0.39, 0.29) is 17.9 Å². The van der Waals surface area contributed by atoms with Crippen LogP contribution in [0.5, 0.6) is 5.75 Å². The normalized spacial score (nSPS) is 17.6. The second kappa shape index (κ2) is 7.00. The molecule has 0 aliphatic carbocycles. The Hall–Kier alpha value is -2.41. The third-order valence-corrected chi connectivity index (χ3v) is 4.61. The molecule has 1 aromatic carbocycles. The van der Waals surface area contributed by atoms with Crippen molar-refractivity contribution < 1.29 is 13.9 Å². The molecule has 0 bridgehead atoms. The van der Waals surface area contributed by atoms with Crippen molar-refractivity contribution in [1.29, 1.82) is 0 Å². The summed E-state index contributed by atoms with van der Waals surface area (Å²) in [6.07, 6.45) is 1.55. The Morgan fingerprint density at radius 3 is 2.54 bits per heavy atom. The fourth-order valence-electron chi connectivity index (χ4n) is 2.98. The Morgan fingerprint density at radius 1 is 1.29 bits per heavy atom. The molecule has 1 aliphatic heterocycles. The third kappa shape index (κ3) is 3.41. The number of primary amides is 1. The molecular weight excluding hydrogens is 308 g/mol. The Bertz CT molecular complexity index is 690. The molecule has 1 atom stereocenters. The summed E-state index contributed by atoms with van der Waals surface area (Å²) < 4.78 is 11.0. The summed E-state index contributed by atoms with van der Waals surface area (Å²) in [5, 5.41) is 8.33. The number of benzene rings is 1. The molecule has 2 heterocycles. The van der Waals surface area contributed by atoms with Crippen molar-refractivity contribution in [1.82, 2.24) is 15.1 Å². The number of nitrogens with zero attached hydrogens (tertiary/aromatic N) is 3. The lowest BCUT2D eigenvalue weighted by atomic mass is 9.95. The quantitative estimate of drug-likeness (QED) is 0.901. The number of amides is 1. The summed E-state index contributed by atoms with van der Waals surface area (Å²) in [7, 11) is 1.63. The number of hydrogen-bond acceptors (Lipinski definition) is 6. The first-order chi connectivity index (χ1) is 11.6. The smallest absolute Gasteiger partial charge is 0.247 e. The molecule has 7 nitrogen and oxygen atoms in total. The van der Waals surface area contributed by atoms with Gasteiger partial charge in [0, 0.05) is 11.5 Å². The summed E-state index contributed by atoms with van der Waals surface area (Å²) in [6, 6.07) is 7.51. The van der Waals surface area contributed by atoms with Crippen LogP contribution in [0.2, 0.25) is 0 Å². The lowest BCUT2D eigenvalue weighted by Gasteiger charge is -2.33. The maximum Gasteiger partial charge on any atom is 0.247 e. The van der Waals surface area contributed by atoms with Crippen molar-refractivity contribution in [2.45, 2.75) is 25.8 Å². The molecule has 3 rings (SSSR count). The molecule has 0 spiro atoms. The number of aromatic nitrogens is 2. The average molecular weight is 330 g/mol. The van der Waals surface area contributed by atoms with E-state index in [0.717, 1.165) is 37.2 Å². The number of carbonyl (C=O) groups excluding carboxylic acids is 1. The highest BCUT2D eigenvalue weighted by Gasteiger charge is 2.28. The third-order valence-electron chi connectivity index (χ3n) is 4.61. The molecule has 0 saturated carbocycles. The van der Waals surface area contributed by atoms with Gasteiger partial charge in [0.1, 0.15) is 5.75 Å². The van der Waals surface area contributed by atoms with Crippen LogP contribution in [0.4, 0.5) is 0 Å². The van der Waals surface area contributed by atoms with Crippen LogP contribution in [0, 0.1) is 5.92 Å². The Labute approximate surface area is 140 Å². The van der Waals surface area contributed by atoms with Crippen LogP contribution in [0.3, 0.4) is 0 Å². The number of rotatable bonds is 5. The molecule has 2 aromatic rings. The van der Waals surface area contributed by atoms with E-state index in [9.17, 15) is 4.79 Å². The van der Waals surface area contributed by atoms with Gasteiger partial charge in [0.15, 0.2) is 0 Å². The van der Waals surface area contributed by atoms with Crippen LogP contribution in [-0.2, 0) is 4.79 Å². The molecule has 1 aromatic heterocycles. The summed E-state index contributed by atoms with van der Waals surface area (Å²) in [4.78, 5) is 13.5. The number of carbonyl (C=O) groups is 1. The van der Waals surface area contributed by atoms with Crippen LogP contribution in [0.1, 0.15) is 31.7 Å². The average Bonchev–Trinajstić information content (AvgIpc) is 3.11. The van der Waals surface area contributed by atoms with Gasteiger partial charge in [0.05, 0.1) is 13.2 Å². The van der Waals surface area contributed by atoms with E-state index in [1.165, 1.54) is 0 Å². The van der Waals surface area contributed by atoms with E-state index < -0.39 is 0 Å². The molecule has 1 amide bonds. The van der Waals surface area contributed by atoms with Crippen LogP contribution >= 0.6 is 0 Å². The number of nitrogens with two attached hydrogens (primary N) is 1. The highest BCUT2D eigenvalue weighted by molar-refractivity contribution is 5.76. The SMILES string of the molecule is COc1ccc(-c2nnc([C@H](C)N3CCC(C(N)=O)CC3)o2)cc1. The highest BCUT2D eigenvalue weighted by Crippen LogP contribution is 2.28. The van der Waals surface area contributed by atoms with E-state index in [2.05, 4.69) is 15.1 Å². The molecule has 1 fully saturated rings. The standard InChI is InChI=1S/C17H22N4O3/c1-11(21-9-7-12(8-10-21)15(18)22)16-19-20-17(24-16)13-3-5-14(23-2)6-4-13/h3-6,11-12H,7-10H2,1-2H3,(H2,18,22)/t11-/m0/s1. The predicted molar refractivity (Wildman–Crippen MR) is 88.2 cm³/mol. The van der Waals surface area contributed by atoms with E-state index in [0.29, 0.717) is 11.8 Å². The van der Waals surface area contributed by atoms with E-state index in [4.69, 9.17) is 14.9 Å². The van der Waals surface area contributed by atoms with Crippen molar-refractivity contribution in [2.24, 2.45) is 11.7 Å². The van der Waals surface area contributed by atoms with E-state index in [1.54, 1.807) is 7.11 Å². The molecular formula is C17H22N4O3. The zero-order chi connectivity index (χ0) is 17.1. The molecule has 7 heteroatoms. The van der Waals surface area contributed by atoms with Crippen molar-refractivity contribution in [3.05, 3.63) is 30.2 Å². The van der Waals surface area contributed by atoms with Gasteiger partial charge in [-0.3, -0.25) is 9.69 Å². The molecule has 1 aliphatic rings. The number of piperidine rings is 1. The van der Waals surface area contributed by atoms with Gasteiger partial charge in [-0.1, -0.05) is 0 Å². The van der Waals surface area contributed by atoms with Crippen LogP contribution in [0.25, 0.3) is 11.5 Å². The molecule has 0 radical (unpaired) electrons. The lowest BCUT2D eigenvalue weighted by Crippen LogP contribution is -2.39. The first-order valence-electron chi connectivity index (χ1n) is 8.09. The summed E-state index contributed by atoms with van der Waals surface area (Å²) in [6.45, 7) is 3.64. The first kappa shape index (κ1) is 16.4. The second-order valence-electron chi connectivity index (χ2n) is 6.06. The molecule has 2 N–H and O–H groups in total. The Morgan fingerprint density at radius 2 is 1.96 bits per heavy atom. The monoisotopic (exact) mass is 330 g/mol. The summed E-state index contributed by atoms with van der Waals surface area (Å²) in [5.41, 5.74) is 6.24. The van der Waals surface area contributed by atoms with Gasteiger partial charge < -0.3 is 14.9 Å². The fourth-order valence-corrected chi connectivity index (χ4v) is 2.98. The zero-order valence-corrected chi connectivity index (χ0v) is 13.9. The van der Waals surface area contributed by atoms with Gasteiger partial charge in [-0.15, -0.1) is 10.2 Å². The zero-order valence-electron chi connectivity index (χ0n) is 13.9. The van der Waals surface area contributed by atoms with Gasteiger partial charge in [0.25, 0.3) is 0 Å². The van der Waals surface area contributed by atoms with Gasteiger partial charge in [-0.2, -0.15) is 0 Å². The van der Waals surface area contributed by atoms with Gasteiger partial charge in [-0.05, 0) is 57.1 Å². The predicted octanol–water partition coefficient (Wildman–Crippen LogP) is 2.00. The molecule has 128 valence electrons. The molecule has 1 saturated heterocycles. The molecule has 0 unspecified atom stereocenters. The van der Waals surface area contributed by atoms with Crippen molar-refractivity contribution in [2.75, 3.05) is 20.2 Å². The number of ether oxygens (including phenoxy) is 1.